The molecule has 0 atom stereocenters. The molecule has 5 rings (SSSR count). The van der Waals surface area contributed by atoms with E-state index in [9.17, 15) is 8.42 Å². The molecule has 0 spiro atoms. The van der Waals surface area contributed by atoms with Gasteiger partial charge >= 0.3 is 0 Å². The van der Waals surface area contributed by atoms with E-state index >= 15 is 0 Å². The van der Waals surface area contributed by atoms with E-state index in [-0.39, 0.29) is 10.9 Å². The maximum absolute atomic E-state index is 13.4. The van der Waals surface area contributed by atoms with Crippen LogP contribution in [0.5, 0.6) is 0 Å². The van der Waals surface area contributed by atoms with Gasteiger partial charge in [0.1, 0.15) is 11.6 Å². The highest BCUT2D eigenvalue weighted by molar-refractivity contribution is 7.90. The van der Waals surface area contributed by atoms with Crippen molar-refractivity contribution in [2.24, 2.45) is 0 Å². The minimum Gasteiger partial charge on any atom is -0.378 e. The van der Waals surface area contributed by atoms with Gasteiger partial charge in [-0.1, -0.05) is 42.5 Å². The maximum atomic E-state index is 13.4. The zero-order chi connectivity index (χ0) is 22.8. The number of aromatic nitrogens is 4. The molecule has 10 heteroatoms. The molecule has 0 bridgehead atoms. The molecule has 1 fully saturated rings. The highest BCUT2D eigenvalue weighted by Gasteiger charge is 2.23. The Morgan fingerprint density at radius 2 is 1.79 bits per heavy atom. The average Bonchev–Trinajstić information content (AvgIpc) is 3.23. The van der Waals surface area contributed by atoms with E-state index in [1.165, 1.54) is 0 Å². The molecule has 0 saturated carbocycles. The Morgan fingerprint density at radius 1 is 1.00 bits per heavy atom. The van der Waals surface area contributed by atoms with Gasteiger partial charge in [0, 0.05) is 30.9 Å². The van der Waals surface area contributed by atoms with Gasteiger partial charge in [0.05, 0.1) is 19.0 Å². The number of rotatable bonds is 6. The number of morpholine rings is 1. The molecule has 2 aromatic carbocycles. The summed E-state index contributed by atoms with van der Waals surface area (Å²) in [6.45, 7) is 4.26. The van der Waals surface area contributed by atoms with E-state index in [4.69, 9.17) is 4.74 Å². The van der Waals surface area contributed by atoms with Crippen LogP contribution in [0.3, 0.4) is 0 Å². The van der Waals surface area contributed by atoms with Crippen molar-refractivity contribution in [2.45, 2.75) is 17.8 Å². The number of hydrogen-bond donors (Lipinski definition) is 2. The Labute approximate surface area is 191 Å². The lowest BCUT2D eigenvalue weighted by Gasteiger charge is -2.28. The van der Waals surface area contributed by atoms with Crippen LogP contribution in [0.15, 0.2) is 59.8 Å². The number of aryl methyl sites for hydroxylation is 1. The van der Waals surface area contributed by atoms with Crippen LogP contribution in [0.4, 0.5) is 17.5 Å². The fourth-order valence-electron chi connectivity index (χ4n) is 3.80. The minimum absolute atomic E-state index is 0.189. The molecule has 1 saturated heterocycles. The monoisotopic (exact) mass is 464 g/mol. The standard InChI is InChI=1S/C23H24N6O3S/c1-16-12-21(28-27-16)24-20-14-22(29-8-10-32-11-9-29)26-23(25-20)33(30,31)15-17-6-7-18-4-2-3-5-19(18)13-17/h2-7,12-14H,8-11,15H2,1H3,(H2,24,25,26,27,28). The third-order valence-corrected chi connectivity index (χ3v) is 6.89. The molecule has 0 radical (unpaired) electrons. The van der Waals surface area contributed by atoms with E-state index < -0.39 is 9.84 Å². The Kier molecular flexibility index (Phi) is 5.69. The van der Waals surface area contributed by atoms with Crippen molar-refractivity contribution in [1.82, 2.24) is 20.2 Å². The van der Waals surface area contributed by atoms with E-state index in [2.05, 4.69) is 25.5 Å². The normalized spacial score (nSPS) is 14.5. The summed E-state index contributed by atoms with van der Waals surface area (Å²) in [6, 6.07) is 17.1. The predicted molar refractivity (Wildman–Crippen MR) is 127 cm³/mol. The third-order valence-electron chi connectivity index (χ3n) is 5.44. The summed E-state index contributed by atoms with van der Waals surface area (Å²) >= 11 is 0. The molecule has 3 heterocycles. The molecule has 1 aliphatic rings. The SMILES string of the molecule is Cc1cc(Nc2cc(N3CCOCC3)nc(S(=O)(=O)Cc3ccc4ccccc4c3)n2)n[nH]1. The fraction of sp³-hybridized carbons (Fsp3) is 0.261. The van der Waals surface area contributed by atoms with E-state index in [0.717, 1.165) is 16.5 Å². The van der Waals surface area contributed by atoms with Crippen molar-refractivity contribution in [1.29, 1.82) is 0 Å². The summed E-state index contributed by atoms with van der Waals surface area (Å²) in [4.78, 5) is 10.8. The highest BCUT2D eigenvalue weighted by Crippen LogP contribution is 2.25. The molecule has 0 aliphatic carbocycles. The summed E-state index contributed by atoms with van der Waals surface area (Å²) in [5.74, 6) is 1.28. The van der Waals surface area contributed by atoms with Gasteiger partial charge < -0.3 is 15.0 Å². The lowest BCUT2D eigenvalue weighted by atomic mass is 10.1. The Morgan fingerprint density at radius 3 is 2.55 bits per heavy atom. The molecule has 0 unspecified atom stereocenters. The van der Waals surface area contributed by atoms with Crippen LogP contribution in [0.25, 0.3) is 10.8 Å². The summed E-state index contributed by atoms with van der Waals surface area (Å²) in [5, 5.41) is 11.9. The van der Waals surface area contributed by atoms with Crippen molar-refractivity contribution in [2.75, 3.05) is 36.5 Å². The van der Waals surface area contributed by atoms with Gasteiger partial charge in [-0.05, 0) is 23.3 Å². The number of nitrogens with one attached hydrogen (secondary N) is 2. The van der Waals surface area contributed by atoms with Crippen LogP contribution in [0, 0.1) is 6.92 Å². The minimum atomic E-state index is -3.80. The predicted octanol–water partition coefficient (Wildman–Crippen LogP) is 3.22. The molecule has 4 aromatic rings. The third kappa shape index (κ3) is 4.81. The van der Waals surface area contributed by atoms with Crippen LogP contribution in [0.1, 0.15) is 11.3 Å². The second kappa shape index (κ2) is 8.80. The molecule has 9 nitrogen and oxygen atoms in total. The van der Waals surface area contributed by atoms with Crippen molar-refractivity contribution in [3.63, 3.8) is 0 Å². The van der Waals surface area contributed by atoms with Gasteiger partial charge in [-0.25, -0.2) is 18.4 Å². The maximum Gasteiger partial charge on any atom is 0.251 e. The van der Waals surface area contributed by atoms with Crippen LogP contribution in [-0.2, 0) is 20.3 Å². The first-order valence-electron chi connectivity index (χ1n) is 10.7. The lowest BCUT2D eigenvalue weighted by Crippen LogP contribution is -2.37. The van der Waals surface area contributed by atoms with Gasteiger partial charge in [0.2, 0.25) is 9.84 Å². The lowest BCUT2D eigenvalue weighted by molar-refractivity contribution is 0.122. The number of hydrogen-bond acceptors (Lipinski definition) is 8. The van der Waals surface area contributed by atoms with Gasteiger partial charge in [-0.3, -0.25) is 5.10 Å². The van der Waals surface area contributed by atoms with Crippen LogP contribution in [0.2, 0.25) is 0 Å². The van der Waals surface area contributed by atoms with Gasteiger partial charge in [0.15, 0.2) is 5.82 Å². The topological polar surface area (TPSA) is 113 Å². The van der Waals surface area contributed by atoms with Crippen molar-refractivity contribution >= 4 is 38.1 Å². The van der Waals surface area contributed by atoms with Crippen molar-refractivity contribution < 1.29 is 13.2 Å². The second-order valence-electron chi connectivity index (χ2n) is 8.00. The molecule has 1 aliphatic heterocycles. The quantitative estimate of drug-likeness (QED) is 0.418. The van der Waals surface area contributed by atoms with Crippen LogP contribution >= 0.6 is 0 Å². The molecule has 2 aromatic heterocycles. The zero-order valence-corrected chi connectivity index (χ0v) is 19.0. The first-order chi connectivity index (χ1) is 16.0. The van der Waals surface area contributed by atoms with E-state index in [1.807, 2.05) is 60.4 Å². The Balaban J connectivity index is 1.50. The van der Waals surface area contributed by atoms with Crippen molar-refractivity contribution in [3.05, 3.63) is 65.9 Å². The largest absolute Gasteiger partial charge is 0.378 e. The number of ether oxygens (including phenoxy) is 1. The number of H-pyrrole nitrogens is 1. The summed E-state index contributed by atoms with van der Waals surface area (Å²) < 4.78 is 32.2. The molecular weight excluding hydrogens is 440 g/mol. The fourth-order valence-corrected chi connectivity index (χ4v) is 5.01. The summed E-state index contributed by atoms with van der Waals surface area (Å²) in [6.07, 6.45) is 0. The number of aromatic amines is 1. The number of nitrogens with zero attached hydrogens (tertiary/aromatic N) is 4. The molecule has 2 N–H and O–H groups in total. The van der Waals surface area contributed by atoms with Gasteiger partial charge in [-0.15, -0.1) is 0 Å². The molecule has 0 amide bonds. The highest BCUT2D eigenvalue weighted by atomic mass is 32.2. The first-order valence-corrected chi connectivity index (χ1v) is 12.3. The van der Waals surface area contributed by atoms with Crippen molar-refractivity contribution in [3.8, 4) is 0 Å². The first kappa shape index (κ1) is 21.4. The number of anilines is 3. The number of fused-ring (bicyclic) bond motifs is 1. The molecule has 170 valence electrons. The smallest absolute Gasteiger partial charge is 0.251 e. The number of benzene rings is 2. The zero-order valence-electron chi connectivity index (χ0n) is 18.2. The Hall–Kier alpha value is -3.50. The summed E-state index contributed by atoms with van der Waals surface area (Å²) in [5.41, 5.74) is 1.57. The van der Waals surface area contributed by atoms with Gasteiger partial charge in [0.25, 0.3) is 5.16 Å². The van der Waals surface area contributed by atoms with E-state index in [0.29, 0.717) is 49.3 Å². The summed E-state index contributed by atoms with van der Waals surface area (Å²) in [7, 11) is -3.80. The second-order valence-corrected chi connectivity index (χ2v) is 9.88. The van der Waals surface area contributed by atoms with Gasteiger partial charge in [-0.2, -0.15) is 5.10 Å². The average molecular weight is 465 g/mol. The van der Waals surface area contributed by atoms with E-state index in [1.54, 1.807) is 6.07 Å². The Bertz CT molecular complexity index is 1400. The van der Waals surface area contributed by atoms with Crippen LogP contribution in [-0.4, -0.2) is 54.9 Å². The van der Waals surface area contributed by atoms with Crippen LogP contribution < -0.4 is 10.2 Å². The number of sulfone groups is 1. The molecular formula is C23H24N6O3S. The molecule has 33 heavy (non-hydrogen) atoms.